The van der Waals surface area contributed by atoms with Crippen molar-refractivity contribution in [2.45, 2.75) is 25.3 Å². The number of carbonyl (C=O) groups is 1. The standard InChI is InChI=1S/C14H19N3O3/c1-16(13-4-2-3-11(13)9-15)14(18)10-5-7-12(8-6-10)17(19)20/h5-8,11,13H,2-4,9,15H2,1H3. The summed E-state index contributed by atoms with van der Waals surface area (Å²) >= 11 is 0. The summed E-state index contributed by atoms with van der Waals surface area (Å²) in [5.74, 6) is 0.243. The number of amides is 1. The number of benzene rings is 1. The van der Waals surface area contributed by atoms with Crippen LogP contribution in [0, 0.1) is 16.0 Å². The van der Waals surface area contributed by atoms with E-state index in [0.29, 0.717) is 18.0 Å². The van der Waals surface area contributed by atoms with E-state index in [0.717, 1.165) is 19.3 Å². The average Bonchev–Trinajstić information content (AvgIpc) is 2.94. The summed E-state index contributed by atoms with van der Waals surface area (Å²) < 4.78 is 0. The van der Waals surface area contributed by atoms with Crippen LogP contribution < -0.4 is 5.73 Å². The van der Waals surface area contributed by atoms with Crippen LogP contribution in [0.25, 0.3) is 0 Å². The molecule has 1 aliphatic rings. The lowest BCUT2D eigenvalue weighted by Gasteiger charge is -2.29. The Labute approximate surface area is 117 Å². The second kappa shape index (κ2) is 6.00. The molecule has 20 heavy (non-hydrogen) atoms. The molecule has 1 aliphatic carbocycles. The Morgan fingerprint density at radius 2 is 2.05 bits per heavy atom. The molecule has 1 fully saturated rings. The van der Waals surface area contributed by atoms with Crippen LogP contribution in [0.4, 0.5) is 5.69 Å². The number of nitro benzene ring substituents is 1. The average molecular weight is 277 g/mol. The highest BCUT2D eigenvalue weighted by Crippen LogP contribution is 2.29. The number of non-ortho nitro benzene ring substituents is 1. The minimum absolute atomic E-state index is 0.00935. The van der Waals surface area contributed by atoms with E-state index in [4.69, 9.17) is 5.73 Å². The third kappa shape index (κ3) is 2.80. The van der Waals surface area contributed by atoms with Crippen molar-refractivity contribution in [3.05, 3.63) is 39.9 Å². The molecule has 2 atom stereocenters. The second-order valence-electron chi connectivity index (χ2n) is 5.21. The number of hydrogen-bond acceptors (Lipinski definition) is 4. The zero-order valence-electron chi connectivity index (χ0n) is 11.5. The predicted octanol–water partition coefficient (Wildman–Crippen LogP) is 1.79. The van der Waals surface area contributed by atoms with Crippen LogP contribution in [-0.4, -0.2) is 35.4 Å². The lowest BCUT2D eigenvalue weighted by Crippen LogP contribution is -2.41. The monoisotopic (exact) mass is 277 g/mol. The van der Waals surface area contributed by atoms with Gasteiger partial charge in [-0.05, 0) is 37.4 Å². The zero-order valence-corrected chi connectivity index (χ0v) is 11.5. The molecule has 2 unspecified atom stereocenters. The van der Waals surface area contributed by atoms with Crippen LogP contribution in [0.2, 0.25) is 0 Å². The van der Waals surface area contributed by atoms with Crippen LogP contribution >= 0.6 is 0 Å². The summed E-state index contributed by atoms with van der Waals surface area (Å²) in [5.41, 5.74) is 6.20. The first-order valence-corrected chi connectivity index (χ1v) is 6.76. The number of nitro groups is 1. The molecular formula is C14H19N3O3. The third-order valence-corrected chi connectivity index (χ3v) is 4.06. The minimum Gasteiger partial charge on any atom is -0.338 e. The van der Waals surface area contributed by atoms with Gasteiger partial charge >= 0.3 is 0 Å². The molecule has 1 saturated carbocycles. The van der Waals surface area contributed by atoms with Gasteiger partial charge in [-0.3, -0.25) is 14.9 Å². The maximum Gasteiger partial charge on any atom is 0.269 e. The Morgan fingerprint density at radius 1 is 1.40 bits per heavy atom. The van der Waals surface area contributed by atoms with Gasteiger partial charge in [0, 0.05) is 30.8 Å². The van der Waals surface area contributed by atoms with Gasteiger partial charge < -0.3 is 10.6 Å². The molecule has 0 bridgehead atoms. The predicted molar refractivity (Wildman–Crippen MR) is 75.4 cm³/mol. The largest absolute Gasteiger partial charge is 0.338 e. The van der Waals surface area contributed by atoms with E-state index in [-0.39, 0.29) is 17.6 Å². The molecule has 6 nitrogen and oxygen atoms in total. The number of nitrogens with two attached hydrogens (primary N) is 1. The molecule has 0 radical (unpaired) electrons. The number of rotatable bonds is 4. The molecule has 1 aromatic carbocycles. The highest BCUT2D eigenvalue weighted by Gasteiger charge is 2.32. The van der Waals surface area contributed by atoms with Gasteiger partial charge in [-0.15, -0.1) is 0 Å². The molecule has 1 amide bonds. The van der Waals surface area contributed by atoms with Crippen LogP contribution in [0.15, 0.2) is 24.3 Å². The molecule has 0 heterocycles. The summed E-state index contributed by atoms with van der Waals surface area (Å²) in [6, 6.07) is 5.89. The summed E-state index contributed by atoms with van der Waals surface area (Å²) in [6.45, 7) is 0.586. The van der Waals surface area contributed by atoms with Crippen molar-refractivity contribution >= 4 is 11.6 Å². The van der Waals surface area contributed by atoms with Gasteiger partial charge in [0.1, 0.15) is 0 Å². The normalized spacial score (nSPS) is 21.7. The smallest absolute Gasteiger partial charge is 0.269 e. The van der Waals surface area contributed by atoms with Crippen LogP contribution in [0.3, 0.4) is 0 Å². The van der Waals surface area contributed by atoms with E-state index in [2.05, 4.69) is 0 Å². The molecule has 2 rings (SSSR count). The lowest BCUT2D eigenvalue weighted by molar-refractivity contribution is -0.384. The number of hydrogen-bond donors (Lipinski definition) is 1. The van der Waals surface area contributed by atoms with Gasteiger partial charge in [0.15, 0.2) is 0 Å². The van der Waals surface area contributed by atoms with Crippen LogP contribution in [0.5, 0.6) is 0 Å². The zero-order chi connectivity index (χ0) is 14.7. The highest BCUT2D eigenvalue weighted by molar-refractivity contribution is 5.94. The van der Waals surface area contributed by atoms with E-state index in [1.165, 1.54) is 24.3 Å². The Balaban J connectivity index is 2.12. The molecule has 1 aromatic rings. The first kappa shape index (κ1) is 14.5. The summed E-state index contributed by atoms with van der Waals surface area (Å²) in [6.07, 6.45) is 3.11. The molecule has 2 N–H and O–H groups in total. The molecule has 0 aliphatic heterocycles. The third-order valence-electron chi connectivity index (χ3n) is 4.06. The van der Waals surface area contributed by atoms with Gasteiger partial charge in [0.2, 0.25) is 0 Å². The van der Waals surface area contributed by atoms with Gasteiger partial charge in [-0.25, -0.2) is 0 Å². The quantitative estimate of drug-likeness (QED) is 0.671. The number of nitrogens with zero attached hydrogens (tertiary/aromatic N) is 2. The Hall–Kier alpha value is -1.95. The fraction of sp³-hybridized carbons (Fsp3) is 0.500. The van der Waals surface area contributed by atoms with Crippen molar-refractivity contribution in [3.63, 3.8) is 0 Å². The van der Waals surface area contributed by atoms with Gasteiger partial charge in [0.05, 0.1) is 4.92 Å². The molecule has 0 aromatic heterocycles. The van der Waals surface area contributed by atoms with Gasteiger partial charge in [-0.2, -0.15) is 0 Å². The first-order chi connectivity index (χ1) is 9.54. The van der Waals surface area contributed by atoms with E-state index >= 15 is 0 Å². The maximum atomic E-state index is 12.4. The fourth-order valence-corrected chi connectivity index (χ4v) is 2.88. The maximum absolute atomic E-state index is 12.4. The van der Waals surface area contributed by atoms with E-state index < -0.39 is 4.92 Å². The first-order valence-electron chi connectivity index (χ1n) is 6.76. The summed E-state index contributed by atoms with van der Waals surface area (Å²) in [5, 5.41) is 10.6. The van der Waals surface area contributed by atoms with Crippen LogP contribution in [-0.2, 0) is 0 Å². The molecule has 0 spiro atoms. The SMILES string of the molecule is CN(C(=O)c1ccc([N+](=O)[O-])cc1)C1CCCC1CN. The van der Waals surface area contributed by atoms with Crippen LogP contribution in [0.1, 0.15) is 29.6 Å². The highest BCUT2D eigenvalue weighted by atomic mass is 16.6. The van der Waals surface area contributed by atoms with Gasteiger partial charge in [-0.1, -0.05) is 6.42 Å². The topological polar surface area (TPSA) is 89.5 Å². The Morgan fingerprint density at radius 3 is 2.60 bits per heavy atom. The second-order valence-corrected chi connectivity index (χ2v) is 5.21. The van der Waals surface area contributed by atoms with E-state index in [9.17, 15) is 14.9 Å². The van der Waals surface area contributed by atoms with E-state index in [1.54, 1.807) is 11.9 Å². The Kier molecular flexibility index (Phi) is 4.34. The number of carbonyl (C=O) groups excluding carboxylic acids is 1. The molecule has 6 heteroatoms. The van der Waals surface area contributed by atoms with Gasteiger partial charge in [0.25, 0.3) is 11.6 Å². The minimum atomic E-state index is -0.473. The Bertz CT molecular complexity index is 501. The molecule has 0 saturated heterocycles. The van der Waals surface area contributed by atoms with Crippen molar-refractivity contribution in [2.75, 3.05) is 13.6 Å². The fourth-order valence-electron chi connectivity index (χ4n) is 2.88. The molecule has 108 valence electrons. The van der Waals surface area contributed by atoms with Crippen molar-refractivity contribution in [2.24, 2.45) is 11.7 Å². The van der Waals surface area contributed by atoms with E-state index in [1.807, 2.05) is 0 Å². The van der Waals surface area contributed by atoms with Crippen molar-refractivity contribution in [3.8, 4) is 0 Å². The van der Waals surface area contributed by atoms with Crippen molar-refractivity contribution in [1.29, 1.82) is 0 Å². The lowest BCUT2D eigenvalue weighted by atomic mass is 10.0. The summed E-state index contributed by atoms with van der Waals surface area (Å²) in [7, 11) is 1.78. The molecular weight excluding hydrogens is 258 g/mol. The summed E-state index contributed by atoms with van der Waals surface area (Å²) in [4.78, 5) is 24.2. The van der Waals surface area contributed by atoms with Crippen molar-refractivity contribution < 1.29 is 9.72 Å². The van der Waals surface area contributed by atoms with Crippen molar-refractivity contribution in [1.82, 2.24) is 4.90 Å².